The second kappa shape index (κ2) is 6.37. The summed E-state index contributed by atoms with van der Waals surface area (Å²) in [7, 11) is 2.00. The number of nitrogens with zero attached hydrogens (tertiary/aromatic N) is 3. The quantitative estimate of drug-likeness (QED) is 0.744. The number of rotatable bonds is 2. The molecule has 0 bridgehead atoms. The van der Waals surface area contributed by atoms with E-state index in [-0.39, 0.29) is 21.5 Å². The molecule has 0 saturated heterocycles. The van der Waals surface area contributed by atoms with Crippen molar-refractivity contribution in [2.75, 3.05) is 6.54 Å². The Balaban J connectivity index is 1.89. The van der Waals surface area contributed by atoms with Gasteiger partial charge in [-0.05, 0) is 12.1 Å². The van der Waals surface area contributed by atoms with Crippen LogP contribution in [0.1, 0.15) is 47.3 Å². The van der Waals surface area contributed by atoms with E-state index in [4.69, 9.17) is 23.2 Å². The van der Waals surface area contributed by atoms with E-state index in [1.165, 1.54) is 6.07 Å². The summed E-state index contributed by atoms with van der Waals surface area (Å²) in [6.45, 7) is 5.12. The highest BCUT2D eigenvalue weighted by Gasteiger charge is 2.28. The predicted molar refractivity (Wildman–Crippen MR) is 92.2 cm³/mol. The number of imidazole rings is 1. The minimum Gasteiger partial charge on any atom is -0.334 e. The molecule has 128 valence electrons. The van der Waals surface area contributed by atoms with Gasteiger partial charge in [0, 0.05) is 31.6 Å². The summed E-state index contributed by atoms with van der Waals surface area (Å²) in [5, 5.41) is 0.0601. The number of hydrogen-bond donors (Lipinski definition) is 0. The molecule has 0 atom stereocenters. The van der Waals surface area contributed by atoms with Gasteiger partial charge in [0.2, 0.25) is 0 Å². The highest BCUT2D eigenvalue weighted by Crippen LogP contribution is 2.28. The SMILES string of the molecule is CC(C)c1nc2c(n1C)CCN(C(=O)c1cc(F)c(Cl)cc1Cl)C2. The fourth-order valence-corrected chi connectivity index (χ4v) is 3.56. The van der Waals surface area contributed by atoms with Crippen LogP contribution in [0.25, 0.3) is 0 Å². The normalized spacial score (nSPS) is 14.2. The predicted octanol–water partition coefficient (Wildman–Crippen LogP) is 4.19. The molecule has 1 aromatic heterocycles. The fraction of sp³-hybridized carbons (Fsp3) is 0.412. The van der Waals surface area contributed by atoms with Gasteiger partial charge in [-0.2, -0.15) is 0 Å². The zero-order chi connectivity index (χ0) is 17.6. The van der Waals surface area contributed by atoms with Crippen molar-refractivity contribution in [2.45, 2.75) is 32.7 Å². The summed E-state index contributed by atoms with van der Waals surface area (Å²) >= 11 is 11.8. The Hall–Kier alpha value is -1.59. The first-order valence-electron chi connectivity index (χ1n) is 7.77. The Morgan fingerprint density at radius 2 is 2.00 bits per heavy atom. The number of carbonyl (C=O) groups is 1. The van der Waals surface area contributed by atoms with Crippen LogP contribution in [0.4, 0.5) is 4.39 Å². The molecule has 0 aliphatic carbocycles. The van der Waals surface area contributed by atoms with Crippen molar-refractivity contribution < 1.29 is 9.18 Å². The third kappa shape index (κ3) is 2.91. The number of aromatic nitrogens is 2. The van der Waals surface area contributed by atoms with Crippen molar-refractivity contribution in [2.24, 2.45) is 7.05 Å². The molecule has 1 aliphatic heterocycles. The van der Waals surface area contributed by atoms with Crippen molar-refractivity contribution in [1.29, 1.82) is 0 Å². The van der Waals surface area contributed by atoms with Crippen LogP contribution in [-0.2, 0) is 20.0 Å². The smallest absolute Gasteiger partial charge is 0.255 e. The van der Waals surface area contributed by atoms with Crippen molar-refractivity contribution >= 4 is 29.1 Å². The lowest BCUT2D eigenvalue weighted by molar-refractivity contribution is 0.0731. The van der Waals surface area contributed by atoms with Gasteiger partial charge in [0.05, 0.1) is 27.8 Å². The second-order valence-electron chi connectivity index (χ2n) is 6.30. The molecule has 0 unspecified atom stereocenters. The zero-order valence-electron chi connectivity index (χ0n) is 13.7. The van der Waals surface area contributed by atoms with Crippen molar-refractivity contribution in [1.82, 2.24) is 14.5 Å². The van der Waals surface area contributed by atoms with Gasteiger partial charge in [0.1, 0.15) is 11.6 Å². The third-order valence-corrected chi connectivity index (χ3v) is 4.94. The van der Waals surface area contributed by atoms with Crippen LogP contribution in [0.15, 0.2) is 12.1 Å². The molecule has 1 aromatic carbocycles. The molecule has 3 rings (SSSR count). The Labute approximate surface area is 150 Å². The number of amides is 1. The summed E-state index contributed by atoms with van der Waals surface area (Å²) in [5.74, 6) is 0.356. The van der Waals surface area contributed by atoms with E-state index >= 15 is 0 Å². The fourth-order valence-electron chi connectivity index (χ4n) is 3.10. The molecule has 24 heavy (non-hydrogen) atoms. The lowest BCUT2D eigenvalue weighted by atomic mass is 10.1. The van der Waals surface area contributed by atoms with Crippen LogP contribution in [0.5, 0.6) is 0 Å². The molecular weight excluding hydrogens is 352 g/mol. The molecule has 1 amide bonds. The van der Waals surface area contributed by atoms with Gasteiger partial charge in [-0.25, -0.2) is 9.37 Å². The Morgan fingerprint density at radius 3 is 2.67 bits per heavy atom. The van der Waals surface area contributed by atoms with E-state index in [1.54, 1.807) is 4.90 Å². The van der Waals surface area contributed by atoms with Crippen LogP contribution in [0.3, 0.4) is 0 Å². The van der Waals surface area contributed by atoms with E-state index in [0.717, 1.165) is 23.3 Å². The van der Waals surface area contributed by atoms with Gasteiger partial charge in [-0.1, -0.05) is 37.0 Å². The van der Waals surface area contributed by atoms with Crippen LogP contribution in [0.2, 0.25) is 10.0 Å². The lowest BCUT2D eigenvalue weighted by Crippen LogP contribution is -2.36. The van der Waals surface area contributed by atoms with Crippen molar-refractivity contribution in [3.63, 3.8) is 0 Å². The number of halogens is 3. The summed E-state index contributed by atoms with van der Waals surface area (Å²) in [6.07, 6.45) is 0.713. The Kier molecular flexibility index (Phi) is 4.58. The van der Waals surface area contributed by atoms with Gasteiger partial charge in [-0.15, -0.1) is 0 Å². The monoisotopic (exact) mass is 369 g/mol. The highest BCUT2D eigenvalue weighted by molar-refractivity contribution is 6.36. The molecule has 7 heteroatoms. The van der Waals surface area contributed by atoms with Gasteiger partial charge < -0.3 is 9.47 Å². The molecule has 0 fully saturated rings. The highest BCUT2D eigenvalue weighted by atomic mass is 35.5. The Bertz CT molecular complexity index is 817. The van der Waals surface area contributed by atoms with E-state index < -0.39 is 5.82 Å². The summed E-state index contributed by atoms with van der Waals surface area (Å²) < 4.78 is 15.8. The standard InChI is InChI=1S/C17H18Cl2FN3O/c1-9(2)16-21-14-8-23(5-4-15(14)22(16)3)17(24)10-6-13(20)12(19)7-11(10)18/h6-7,9H,4-5,8H2,1-3H3. The average molecular weight is 370 g/mol. The number of benzene rings is 1. The van der Waals surface area contributed by atoms with Gasteiger partial charge in [0.15, 0.2) is 0 Å². The van der Waals surface area contributed by atoms with Gasteiger partial charge in [0.25, 0.3) is 5.91 Å². The zero-order valence-corrected chi connectivity index (χ0v) is 15.2. The molecule has 0 radical (unpaired) electrons. The minimum atomic E-state index is -0.651. The van der Waals surface area contributed by atoms with Crippen LogP contribution < -0.4 is 0 Å². The molecule has 0 N–H and O–H groups in total. The number of hydrogen-bond acceptors (Lipinski definition) is 2. The summed E-state index contributed by atoms with van der Waals surface area (Å²) in [6, 6.07) is 2.36. The molecule has 4 nitrogen and oxygen atoms in total. The number of carbonyl (C=O) groups excluding carboxylic acids is 1. The maximum absolute atomic E-state index is 13.7. The van der Waals surface area contributed by atoms with Crippen LogP contribution in [-0.4, -0.2) is 26.9 Å². The maximum Gasteiger partial charge on any atom is 0.255 e. The van der Waals surface area contributed by atoms with Crippen molar-refractivity contribution in [3.05, 3.63) is 50.8 Å². The molecule has 0 saturated carbocycles. The molecule has 1 aliphatic rings. The molecular formula is C17H18Cl2FN3O. The summed E-state index contributed by atoms with van der Waals surface area (Å²) in [5.41, 5.74) is 2.17. The van der Waals surface area contributed by atoms with Crippen LogP contribution in [0, 0.1) is 5.82 Å². The lowest BCUT2D eigenvalue weighted by Gasteiger charge is -2.27. The van der Waals surface area contributed by atoms with E-state index in [0.29, 0.717) is 25.4 Å². The van der Waals surface area contributed by atoms with E-state index in [9.17, 15) is 9.18 Å². The third-order valence-electron chi connectivity index (χ3n) is 4.33. The number of fused-ring (bicyclic) bond motifs is 1. The van der Waals surface area contributed by atoms with E-state index in [2.05, 4.69) is 23.4 Å². The topological polar surface area (TPSA) is 38.1 Å². The first kappa shape index (κ1) is 17.2. The maximum atomic E-state index is 13.7. The minimum absolute atomic E-state index is 0.0937. The second-order valence-corrected chi connectivity index (χ2v) is 7.11. The van der Waals surface area contributed by atoms with E-state index in [1.807, 2.05) is 7.05 Å². The van der Waals surface area contributed by atoms with Gasteiger partial charge in [-0.3, -0.25) is 4.79 Å². The largest absolute Gasteiger partial charge is 0.334 e. The molecule has 0 spiro atoms. The first-order chi connectivity index (χ1) is 11.3. The molecule has 2 aromatic rings. The first-order valence-corrected chi connectivity index (χ1v) is 8.53. The summed E-state index contributed by atoms with van der Waals surface area (Å²) in [4.78, 5) is 19.0. The van der Waals surface area contributed by atoms with Crippen molar-refractivity contribution in [3.8, 4) is 0 Å². The average Bonchev–Trinajstić information content (AvgIpc) is 2.87. The van der Waals surface area contributed by atoms with Crippen LogP contribution >= 0.6 is 23.2 Å². The Morgan fingerprint density at radius 1 is 1.29 bits per heavy atom. The van der Waals surface area contributed by atoms with Gasteiger partial charge >= 0.3 is 0 Å². The molecule has 2 heterocycles.